The van der Waals surface area contributed by atoms with Crippen LogP contribution in [0, 0.1) is 0 Å². The van der Waals surface area contributed by atoms with Gasteiger partial charge in [0.2, 0.25) is 0 Å². The van der Waals surface area contributed by atoms with Crippen LogP contribution in [0.4, 0.5) is 4.79 Å². The monoisotopic (exact) mass is 217 g/mol. The summed E-state index contributed by atoms with van der Waals surface area (Å²) in [4.78, 5) is 22.8. The van der Waals surface area contributed by atoms with Gasteiger partial charge in [0.15, 0.2) is 5.60 Å². The molecule has 0 radical (unpaired) electrons. The van der Waals surface area contributed by atoms with E-state index in [0.717, 1.165) is 12.0 Å². The maximum atomic E-state index is 11.7. The van der Waals surface area contributed by atoms with Gasteiger partial charge in [-0.05, 0) is 17.5 Å². The van der Waals surface area contributed by atoms with E-state index in [9.17, 15) is 9.59 Å². The normalized spacial score (nSPS) is 27.5. The van der Waals surface area contributed by atoms with Crippen molar-refractivity contribution >= 4 is 12.0 Å². The highest BCUT2D eigenvalue weighted by atomic mass is 16.6. The van der Waals surface area contributed by atoms with Crippen LogP contribution in [0.1, 0.15) is 17.5 Å². The molecule has 1 aromatic rings. The molecule has 0 aromatic heterocycles. The minimum atomic E-state index is -0.953. The fraction of sp³-hybridized carbons (Fsp3) is 0.333. The zero-order chi connectivity index (χ0) is 11.2. The summed E-state index contributed by atoms with van der Waals surface area (Å²) >= 11 is 0. The van der Waals surface area contributed by atoms with Crippen molar-refractivity contribution < 1.29 is 14.3 Å². The van der Waals surface area contributed by atoms with E-state index in [4.69, 9.17) is 4.74 Å². The number of amides is 2. The van der Waals surface area contributed by atoms with Crippen LogP contribution in [0.2, 0.25) is 0 Å². The molecule has 1 aliphatic carbocycles. The summed E-state index contributed by atoms with van der Waals surface area (Å²) in [6.45, 7) is 0. The first-order chi connectivity index (χ1) is 7.70. The van der Waals surface area contributed by atoms with Crippen LogP contribution in [-0.4, -0.2) is 17.6 Å². The van der Waals surface area contributed by atoms with Crippen LogP contribution < -0.4 is 5.32 Å². The van der Waals surface area contributed by atoms with E-state index in [2.05, 4.69) is 11.4 Å². The molecule has 1 heterocycles. The Bertz CT molecular complexity index is 483. The Balaban J connectivity index is 1.98. The molecule has 4 nitrogen and oxygen atoms in total. The first kappa shape index (κ1) is 9.39. The Morgan fingerprint density at radius 1 is 1.19 bits per heavy atom. The Morgan fingerprint density at radius 3 is 2.62 bits per heavy atom. The summed E-state index contributed by atoms with van der Waals surface area (Å²) in [6, 6.07) is 7.95. The standard InChI is InChI=1S/C12H11NO3/c14-10-12(16-11(15)13-10)6-5-8-3-1-2-4-9(8)7-12/h1-4H,5-7H2,(H,13,14,15). The Morgan fingerprint density at radius 2 is 1.94 bits per heavy atom. The third kappa shape index (κ3) is 1.23. The first-order valence-corrected chi connectivity index (χ1v) is 5.31. The number of imide groups is 1. The smallest absolute Gasteiger partial charge is 0.415 e. The van der Waals surface area contributed by atoms with Crippen molar-refractivity contribution in [2.24, 2.45) is 0 Å². The third-order valence-corrected chi connectivity index (χ3v) is 3.31. The molecule has 0 bridgehead atoms. The van der Waals surface area contributed by atoms with Crippen molar-refractivity contribution in [1.82, 2.24) is 5.32 Å². The van der Waals surface area contributed by atoms with Crippen molar-refractivity contribution in [3.63, 3.8) is 0 Å². The van der Waals surface area contributed by atoms with Gasteiger partial charge in [-0.15, -0.1) is 0 Å². The molecule has 1 spiro atoms. The predicted molar refractivity (Wildman–Crippen MR) is 55.8 cm³/mol. The van der Waals surface area contributed by atoms with Crippen LogP contribution in [0.5, 0.6) is 0 Å². The summed E-state index contributed by atoms with van der Waals surface area (Å²) in [5.41, 5.74) is 1.38. The maximum Gasteiger partial charge on any atom is 0.415 e. The number of fused-ring (bicyclic) bond motifs is 1. The van der Waals surface area contributed by atoms with Crippen LogP contribution >= 0.6 is 0 Å². The zero-order valence-corrected chi connectivity index (χ0v) is 8.66. The maximum absolute atomic E-state index is 11.7. The molecular formula is C12H11NO3. The fourth-order valence-electron chi connectivity index (χ4n) is 2.44. The van der Waals surface area contributed by atoms with Gasteiger partial charge in [0, 0.05) is 12.8 Å². The summed E-state index contributed by atoms with van der Waals surface area (Å²) in [6.07, 6.45) is 1.21. The summed E-state index contributed by atoms with van der Waals surface area (Å²) < 4.78 is 5.16. The Hall–Kier alpha value is -1.84. The molecule has 4 heteroatoms. The van der Waals surface area contributed by atoms with Gasteiger partial charge in [-0.3, -0.25) is 10.1 Å². The summed E-state index contributed by atoms with van der Waals surface area (Å²) in [5, 5.41) is 2.21. The van der Waals surface area contributed by atoms with Crippen LogP contribution in [0.3, 0.4) is 0 Å². The van der Waals surface area contributed by atoms with Gasteiger partial charge in [-0.1, -0.05) is 24.3 Å². The van der Waals surface area contributed by atoms with Gasteiger partial charge >= 0.3 is 6.09 Å². The molecule has 2 amide bonds. The summed E-state index contributed by atoms with van der Waals surface area (Å²) in [7, 11) is 0. The second-order valence-electron chi connectivity index (χ2n) is 4.28. The molecule has 0 saturated carbocycles. The van der Waals surface area contributed by atoms with E-state index < -0.39 is 11.7 Å². The van der Waals surface area contributed by atoms with E-state index >= 15 is 0 Å². The predicted octanol–water partition coefficient (Wildman–Crippen LogP) is 1.18. The van der Waals surface area contributed by atoms with E-state index in [0.29, 0.717) is 12.8 Å². The topological polar surface area (TPSA) is 55.4 Å². The average Bonchev–Trinajstić information content (AvgIpc) is 2.53. The van der Waals surface area contributed by atoms with E-state index in [1.54, 1.807) is 0 Å². The van der Waals surface area contributed by atoms with Crippen molar-refractivity contribution in [3.05, 3.63) is 35.4 Å². The number of carbonyl (C=O) groups excluding carboxylic acids is 2. The van der Waals surface area contributed by atoms with Crippen LogP contribution in [0.25, 0.3) is 0 Å². The third-order valence-electron chi connectivity index (χ3n) is 3.31. The number of nitrogens with one attached hydrogen (secondary N) is 1. The molecule has 2 aliphatic rings. The van der Waals surface area contributed by atoms with E-state index in [1.807, 2.05) is 18.2 Å². The Labute approximate surface area is 92.6 Å². The molecule has 1 aliphatic heterocycles. The summed E-state index contributed by atoms with van der Waals surface area (Å²) in [5.74, 6) is -0.299. The van der Waals surface area contributed by atoms with E-state index in [1.165, 1.54) is 5.56 Å². The van der Waals surface area contributed by atoms with Gasteiger partial charge in [0.1, 0.15) is 0 Å². The van der Waals surface area contributed by atoms with Gasteiger partial charge < -0.3 is 4.74 Å². The van der Waals surface area contributed by atoms with Crippen molar-refractivity contribution in [2.75, 3.05) is 0 Å². The number of hydrogen-bond donors (Lipinski definition) is 1. The Kier molecular flexibility index (Phi) is 1.80. The molecule has 1 atom stereocenters. The van der Waals surface area contributed by atoms with E-state index in [-0.39, 0.29) is 5.91 Å². The lowest BCUT2D eigenvalue weighted by Crippen LogP contribution is -2.44. The minimum absolute atomic E-state index is 0.299. The molecule has 16 heavy (non-hydrogen) atoms. The lowest BCUT2D eigenvalue weighted by atomic mass is 9.80. The molecule has 1 saturated heterocycles. The van der Waals surface area contributed by atoms with Gasteiger partial charge in [0.05, 0.1) is 0 Å². The zero-order valence-electron chi connectivity index (χ0n) is 8.66. The highest BCUT2D eigenvalue weighted by molar-refractivity contribution is 6.03. The number of aryl methyl sites for hydroxylation is 1. The van der Waals surface area contributed by atoms with Gasteiger partial charge in [0.25, 0.3) is 5.91 Å². The highest BCUT2D eigenvalue weighted by Gasteiger charge is 2.50. The largest absolute Gasteiger partial charge is 0.432 e. The molecule has 1 unspecified atom stereocenters. The number of carbonyl (C=O) groups is 2. The number of hydrogen-bond acceptors (Lipinski definition) is 3. The first-order valence-electron chi connectivity index (χ1n) is 5.31. The van der Waals surface area contributed by atoms with Crippen LogP contribution in [-0.2, 0) is 22.4 Å². The highest BCUT2D eigenvalue weighted by Crippen LogP contribution is 2.34. The number of rotatable bonds is 0. The van der Waals surface area contributed by atoms with Crippen LogP contribution in [0.15, 0.2) is 24.3 Å². The minimum Gasteiger partial charge on any atom is -0.432 e. The molecule has 82 valence electrons. The average molecular weight is 217 g/mol. The number of benzene rings is 1. The molecular weight excluding hydrogens is 206 g/mol. The molecule has 3 rings (SSSR count). The molecule has 1 N–H and O–H groups in total. The fourth-order valence-corrected chi connectivity index (χ4v) is 2.44. The second-order valence-corrected chi connectivity index (χ2v) is 4.28. The number of alkyl carbamates (subject to hydrolysis) is 1. The van der Waals surface area contributed by atoms with Crippen molar-refractivity contribution in [3.8, 4) is 0 Å². The molecule has 1 aromatic carbocycles. The number of ether oxygens (including phenoxy) is 1. The van der Waals surface area contributed by atoms with Crippen molar-refractivity contribution in [2.45, 2.75) is 24.9 Å². The SMILES string of the molecule is O=C1NC(=O)C2(CCc3ccccc3C2)O1. The van der Waals surface area contributed by atoms with Gasteiger partial charge in [-0.25, -0.2) is 4.79 Å². The lowest BCUT2D eigenvalue weighted by molar-refractivity contribution is -0.132. The lowest BCUT2D eigenvalue weighted by Gasteiger charge is -2.30. The van der Waals surface area contributed by atoms with Crippen molar-refractivity contribution in [1.29, 1.82) is 0 Å². The second kappa shape index (κ2) is 3.07. The molecule has 1 fully saturated rings. The van der Waals surface area contributed by atoms with Gasteiger partial charge in [-0.2, -0.15) is 0 Å². The quantitative estimate of drug-likeness (QED) is 0.710.